The molecule has 2 aliphatic rings. The summed E-state index contributed by atoms with van der Waals surface area (Å²) in [4.78, 5) is 30.5. The molecule has 1 aromatic heterocycles. The van der Waals surface area contributed by atoms with Gasteiger partial charge in [0.05, 0.1) is 13.2 Å². The second kappa shape index (κ2) is 7.85. The van der Waals surface area contributed by atoms with Gasteiger partial charge < -0.3 is 15.4 Å². The van der Waals surface area contributed by atoms with Gasteiger partial charge in [0.2, 0.25) is 11.8 Å². The van der Waals surface area contributed by atoms with Crippen molar-refractivity contribution in [3.8, 4) is 0 Å². The van der Waals surface area contributed by atoms with Crippen LogP contribution in [0.15, 0.2) is 11.6 Å². The van der Waals surface area contributed by atoms with E-state index in [0.717, 1.165) is 17.8 Å². The molecule has 3 heterocycles. The van der Waals surface area contributed by atoms with Crippen LogP contribution in [0.4, 0.5) is 0 Å². The summed E-state index contributed by atoms with van der Waals surface area (Å²) in [5, 5.41) is 8.56. The van der Waals surface area contributed by atoms with E-state index in [1.165, 1.54) is 0 Å². The Labute approximate surface area is 139 Å². The molecule has 0 aromatic carbocycles. The van der Waals surface area contributed by atoms with E-state index in [2.05, 4.69) is 20.5 Å². The van der Waals surface area contributed by atoms with Gasteiger partial charge in [-0.3, -0.25) is 14.5 Å². The Morgan fingerprint density at radius 3 is 3.26 bits per heavy atom. The first-order valence-corrected chi connectivity index (χ1v) is 8.91. The smallest absolute Gasteiger partial charge is 0.242 e. The van der Waals surface area contributed by atoms with E-state index < -0.39 is 6.04 Å². The van der Waals surface area contributed by atoms with Crippen LogP contribution in [0.5, 0.6) is 0 Å². The first-order chi connectivity index (χ1) is 11.2. The van der Waals surface area contributed by atoms with Crippen LogP contribution in [0.25, 0.3) is 0 Å². The summed E-state index contributed by atoms with van der Waals surface area (Å²) >= 11 is 1.57. The SMILES string of the molecule is O=C(CN1CCO[C@H](c2nccs2)C1)N[C@@H]1CCCCNC1=O. The number of carbonyl (C=O) groups is 2. The van der Waals surface area contributed by atoms with Crippen molar-refractivity contribution in [1.82, 2.24) is 20.5 Å². The average Bonchev–Trinajstić information content (AvgIpc) is 3.01. The molecule has 2 fully saturated rings. The second-order valence-electron chi connectivity index (χ2n) is 5.87. The third-order valence-electron chi connectivity index (χ3n) is 4.12. The standard InChI is InChI=1S/C15H22N4O3S/c20-13(18-11-3-1-2-4-16-14(11)21)10-19-6-7-22-12(9-19)15-17-5-8-23-15/h5,8,11-12H,1-4,6-7,9-10H2,(H,16,21)(H,18,20)/t11-,12+/m1/s1. The summed E-state index contributed by atoms with van der Waals surface area (Å²) < 4.78 is 5.73. The number of ether oxygens (including phenoxy) is 1. The van der Waals surface area contributed by atoms with Gasteiger partial charge in [0.1, 0.15) is 17.2 Å². The predicted octanol–water partition coefficient (Wildman–Crippen LogP) is 0.301. The summed E-state index contributed by atoms with van der Waals surface area (Å²) in [6.07, 6.45) is 4.32. The number of aromatic nitrogens is 1. The van der Waals surface area contributed by atoms with Crippen LogP contribution in [-0.4, -0.2) is 60.5 Å². The second-order valence-corrected chi connectivity index (χ2v) is 6.80. The van der Waals surface area contributed by atoms with Crippen molar-refractivity contribution in [2.45, 2.75) is 31.4 Å². The molecule has 2 aliphatic heterocycles. The maximum Gasteiger partial charge on any atom is 0.242 e. The van der Waals surface area contributed by atoms with Gasteiger partial charge in [-0.05, 0) is 19.3 Å². The Bertz CT molecular complexity index is 537. The molecule has 0 unspecified atom stereocenters. The maximum atomic E-state index is 12.2. The van der Waals surface area contributed by atoms with Gasteiger partial charge in [0, 0.05) is 31.2 Å². The molecule has 0 bridgehead atoms. The highest BCUT2D eigenvalue weighted by atomic mass is 32.1. The Morgan fingerprint density at radius 1 is 1.52 bits per heavy atom. The summed E-state index contributed by atoms with van der Waals surface area (Å²) in [7, 11) is 0. The maximum absolute atomic E-state index is 12.2. The fraction of sp³-hybridized carbons (Fsp3) is 0.667. The molecular weight excluding hydrogens is 316 g/mol. The normalized spacial score (nSPS) is 26.3. The molecule has 8 heteroatoms. The Morgan fingerprint density at radius 2 is 2.43 bits per heavy atom. The lowest BCUT2D eigenvalue weighted by molar-refractivity contribution is -0.130. The quantitative estimate of drug-likeness (QED) is 0.825. The zero-order chi connectivity index (χ0) is 16.1. The van der Waals surface area contributed by atoms with Gasteiger partial charge in [-0.2, -0.15) is 0 Å². The Balaban J connectivity index is 1.50. The Hall–Kier alpha value is -1.51. The summed E-state index contributed by atoms with van der Waals surface area (Å²) in [5.74, 6) is -0.176. The predicted molar refractivity (Wildman–Crippen MR) is 86.0 cm³/mol. The molecule has 1 aromatic rings. The number of rotatable bonds is 4. The van der Waals surface area contributed by atoms with Gasteiger partial charge in [0.15, 0.2) is 0 Å². The van der Waals surface area contributed by atoms with Crippen molar-refractivity contribution < 1.29 is 14.3 Å². The van der Waals surface area contributed by atoms with E-state index in [4.69, 9.17) is 4.74 Å². The van der Waals surface area contributed by atoms with Crippen molar-refractivity contribution in [2.75, 3.05) is 32.8 Å². The largest absolute Gasteiger partial charge is 0.368 e. The van der Waals surface area contributed by atoms with Crippen LogP contribution in [0, 0.1) is 0 Å². The number of morpholine rings is 1. The number of hydrogen-bond donors (Lipinski definition) is 2. The molecule has 0 saturated carbocycles. The highest BCUT2D eigenvalue weighted by Crippen LogP contribution is 2.23. The van der Waals surface area contributed by atoms with Gasteiger partial charge in [-0.25, -0.2) is 4.98 Å². The molecule has 2 saturated heterocycles. The van der Waals surface area contributed by atoms with Crippen molar-refractivity contribution in [3.63, 3.8) is 0 Å². The van der Waals surface area contributed by atoms with E-state index in [1.807, 2.05) is 5.38 Å². The molecule has 2 N–H and O–H groups in total. The Kier molecular flexibility index (Phi) is 5.58. The van der Waals surface area contributed by atoms with Crippen LogP contribution < -0.4 is 10.6 Å². The molecular formula is C15H22N4O3S. The zero-order valence-electron chi connectivity index (χ0n) is 13.0. The van der Waals surface area contributed by atoms with Crippen LogP contribution >= 0.6 is 11.3 Å². The van der Waals surface area contributed by atoms with Crippen LogP contribution in [0.1, 0.15) is 30.4 Å². The monoisotopic (exact) mass is 338 g/mol. The minimum atomic E-state index is -0.402. The lowest BCUT2D eigenvalue weighted by atomic mass is 10.1. The molecule has 0 aliphatic carbocycles. The molecule has 126 valence electrons. The first kappa shape index (κ1) is 16.4. The number of nitrogens with one attached hydrogen (secondary N) is 2. The van der Waals surface area contributed by atoms with Crippen LogP contribution in [-0.2, 0) is 14.3 Å². The van der Waals surface area contributed by atoms with E-state index in [9.17, 15) is 9.59 Å². The van der Waals surface area contributed by atoms with E-state index >= 15 is 0 Å². The van der Waals surface area contributed by atoms with Crippen LogP contribution in [0.2, 0.25) is 0 Å². The molecule has 3 rings (SSSR count). The number of amides is 2. The van der Waals surface area contributed by atoms with E-state index in [1.54, 1.807) is 17.5 Å². The van der Waals surface area contributed by atoms with E-state index in [0.29, 0.717) is 32.7 Å². The van der Waals surface area contributed by atoms with E-state index in [-0.39, 0.29) is 24.5 Å². The number of thiazole rings is 1. The third kappa shape index (κ3) is 4.49. The van der Waals surface area contributed by atoms with Gasteiger partial charge in [-0.15, -0.1) is 11.3 Å². The molecule has 2 atom stereocenters. The van der Waals surface area contributed by atoms with Crippen molar-refractivity contribution in [1.29, 1.82) is 0 Å². The topological polar surface area (TPSA) is 83.6 Å². The third-order valence-corrected chi connectivity index (χ3v) is 4.98. The molecule has 7 nitrogen and oxygen atoms in total. The van der Waals surface area contributed by atoms with Crippen molar-refractivity contribution in [3.05, 3.63) is 16.6 Å². The zero-order valence-corrected chi connectivity index (χ0v) is 13.8. The van der Waals surface area contributed by atoms with Gasteiger partial charge >= 0.3 is 0 Å². The summed E-state index contributed by atoms with van der Waals surface area (Å²) in [6, 6.07) is -0.402. The van der Waals surface area contributed by atoms with Crippen LogP contribution in [0.3, 0.4) is 0 Å². The van der Waals surface area contributed by atoms with Gasteiger partial charge in [-0.1, -0.05) is 0 Å². The fourth-order valence-corrected chi connectivity index (χ4v) is 3.59. The lowest BCUT2D eigenvalue weighted by Gasteiger charge is -2.31. The number of nitrogens with zero attached hydrogens (tertiary/aromatic N) is 2. The molecule has 23 heavy (non-hydrogen) atoms. The van der Waals surface area contributed by atoms with Gasteiger partial charge in [0.25, 0.3) is 0 Å². The minimum Gasteiger partial charge on any atom is -0.368 e. The van der Waals surface area contributed by atoms with Crippen molar-refractivity contribution in [2.24, 2.45) is 0 Å². The van der Waals surface area contributed by atoms with Crippen molar-refractivity contribution >= 4 is 23.2 Å². The molecule has 2 amide bonds. The lowest BCUT2D eigenvalue weighted by Crippen LogP contribution is -2.50. The summed E-state index contributed by atoms with van der Waals surface area (Å²) in [6.45, 7) is 2.94. The summed E-state index contributed by atoms with van der Waals surface area (Å²) in [5.41, 5.74) is 0. The minimum absolute atomic E-state index is 0.0708. The highest BCUT2D eigenvalue weighted by molar-refractivity contribution is 7.09. The first-order valence-electron chi connectivity index (χ1n) is 8.03. The highest BCUT2D eigenvalue weighted by Gasteiger charge is 2.27. The molecule has 0 spiro atoms. The molecule has 0 radical (unpaired) electrons. The number of hydrogen-bond acceptors (Lipinski definition) is 6. The fourth-order valence-electron chi connectivity index (χ4n) is 2.91. The number of carbonyl (C=O) groups excluding carboxylic acids is 2. The average molecular weight is 338 g/mol.